The number of alkyl carbamates (subject to hydrolysis) is 1. The molecule has 2 N–H and O–H groups in total. The first kappa shape index (κ1) is 15.7. The lowest BCUT2D eigenvalue weighted by atomic mass is 10.1. The van der Waals surface area contributed by atoms with Crippen molar-refractivity contribution >= 4 is 17.7 Å². The van der Waals surface area contributed by atoms with Gasteiger partial charge in [0.25, 0.3) is 0 Å². The maximum atomic E-state index is 13.6. The fourth-order valence-electron chi connectivity index (χ4n) is 1.38. The summed E-state index contributed by atoms with van der Waals surface area (Å²) in [6.45, 7) is 5.01. The molecule has 0 spiro atoms. The summed E-state index contributed by atoms with van der Waals surface area (Å²) < 4.78 is 18.6. The van der Waals surface area contributed by atoms with Crippen LogP contribution in [-0.2, 0) is 4.74 Å². The normalized spacial score (nSPS) is 12.9. The van der Waals surface area contributed by atoms with Gasteiger partial charge in [-0.3, -0.25) is 0 Å². The lowest BCUT2D eigenvalue weighted by Gasteiger charge is -2.20. The van der Waals surface area contributed by atoms with Crippen LogP contribution in [-0.4, -0.2) is 23.3 Å². The van der Waals surface area contributed by atoms with Gasteiger partial charge >= 0.3 is 6.09 Å². The third-order valence-electron chi connectivity index (χ3n) is 2.18. The number of aliphatic hydroxyl groups is 1. The highest BCUT2D eigenvalue weighted by Crippen LogP contribution is 2.23. The van der Waals surface area contributed by atoms with E-state index in [1.807, 2.05) is 0 Å². The van der Waals surface area contributed by atoms with Crippen LogP contribution in [0, 0.1) is 5.82 Å². The van der Waals surface area contributed by atoms with Gasteiger partial charge in [0.15, 0.2) is 0 Å². The number of halogens is 2. The van der Waals surface area contributed by atoms with Gasteiger partial charge in [-0.2, -0.15) is 0 Å². The minimum Gasteiger partial charge on any atom is -0.444 e. The first-order valence-corrected chi connectivity index (χ1v) is 6.17. The van der Waals surface area contributed by atoms with Gasteiger partial charge in [-0.1, -0.05) is 23.7 Å². The molecule has 0 unspecified atom stereocenters. The fourth-order valence-corrected chi connectivity index (χ4v) is 1.56. The largest absolute Gasteiger partial charge is 0.444 e. The average Bonchev–Trinajstić information content (AvgIpc) is 2.27. The first-order valence-electron chi connectivity index (χ1n) is 5.79. The van der Waals surface area contributed by atoms with Crippen LogP contribution in [0.2, 0.25) is 5.02 Å². The number of hydrogen-bond donors (Lipinski definition) is 2. The number of hydrogen-bond acceptors (Lipinski definition) is 3. The lowest BCUT2D eigenvalue weighted by molar-refractivity contribution is 0.0490. The van der Waals surface area contributed by atoms with E-state index >= 15 is 0 Å². The molecule has 1 aromatic carbocycles. The van der Waals surface area contributed by atoms with Gasteiger partial charge < -0.3 is 15.2 Å². The number of nitrogens with one attached hydrogen (secondary N) is 1. The van der Waals surface area contributed by atoms with Crippen LogP contribution in [0.4, 0.5) is 9.18 Å². The molecule has 19 heavy (non-hydrogen) atoms. The van der Waals surface area contributed by atoms with Crippen LogP contribution < -0.4 is 5.32 Å². The Hall–Kier alpha value is -1.33. The average molecular weight is 290 g/mol. The standard InChI is InChI=1S/C13H17ClFNO3/c1-13(2,3)19-12(18)16-7-10(17)8-5-4-6-9(14)11(8)15/h4-6,10,17H,7H2,1-3H3,(H,16,18)/t10-/m1/s1. The summed E-state index contributed by atoms with van der Waals surface area (Å²) >= 11 is 5.61. The van der Waals surface area contributed by atoms with Gasteiger partial charge in [0.2, 0.25) is 0 Å². The lowest BCUT2D eigenvalue weighted by Crippen LogP contribution is -2.34. The smallest absolute Gasteiger partial charge is 0.407 e. The summed E-state index contributed by atoms with van der Waals surface area (Å²) in [5, 5.41) is 12.1. The Kier molecular flexibility index (Phi) is 5.14. The molecule has 106 valence electrons. The molecule has 1 aromatic rings. The molecule has 0 aliphatic carbocycles. The van der Waals surface area contributed by atoms with Crippen LogP contribution in [0.1, 0.15) is 32.4 Å². The second kappa shape index (κ2) is 6.21. The molecular formula is C13H17ClFNO3. The van der Waals surface area contributed by atoms with Crippen molar-refractivity contribution in [2.24, 2.45) is 0 Å². The van der Waals surface area contributed by atoms with Crippen molar-refractivity contribution in [3.8, 4) is 0 Å². The maximum absolute atomic E-state index is 13.6. The van der Waals surface area contributed by atoms with E-state index in [0.717, 1.165) is 0 Å². The minimum atomic E-state index is -1.19. The summed E-state index contributed by atoms with van der Waals surface area (Å²) in [6, 6.07) is 4.31. The Balaban J connectivity index is 2.59. The number of aliphatic hydroxyl groups excluding tert-OH is 1. The summed E-state index contributed by atoms with van der Waals surface area (Å²) in [7, 11) is 0. The van der Waals surface area contributed by atoms with E-state index in [0.29, 0.717) is 0 Å². The number of ether oxygens (including phenoxy) is 1. The Morgan fingerprint density at radius 2 is 2.16 bits per heavy atom. The van der Waals surface area contributed by atoms with Gasteiger partial charge in [-0.05, 0) is 26.8 Å². The summed E-state index contributed by atoms with van der Waals surface area (Å²) in [6.07, 6.45) is -1.86. The van der Waals surface area contributed by atoms with Gasteiger partial charge in [-0.15, -0.1) is 0 Å². The predicted octanol–water partition coefficient (Wildman–Crippen LogP) is 3.04. The van der Waals surface area contributed by atoms with E-state index in [1.165, 1.54) is 18.2 Å². The highest BCUT2D eigenvalue weighted by Gasteiger charge is 2.19. The van der Waals surface area contributed by atoms with Gasteiger partial charge in [-0.25, -0.2) is 9.18 Å². The topological polar surface area (TPSA) is 58.6 Å². The first-order chi connectivity index (χ1) is 8.70. The molecule has 1 atom stereocenters. The summed E-state index contributed by atoms with van der Waals surface area (Å²) in [5.41, 5.74) is -0.598. The van der Waals surface area contributed by atoms with Crippen molar-refractivity contribution in [1.29, 1.82) is 0 Å². The molecule has 0 aromatic heterocycles. The molecule has 0 aliphatic rings. The Labute approximate surface area is 116 Å². The quantitative estimate of drug-likeness (QED) is 0.899. The molecular weight excluding hydrogens is 273 g/mol. The highest BCUT2D eigenvalue weighted by molar-refractivity contribution is 6.30. The second-order valence-electron chi connectivity index (χ2n) is 5.04. The fraction of sp³-hybridized carbons (Fsp3) is 0.462. The summed E-state index contributed by atoms with van der Waals surface area (Å²) in [4.78, 5) is 11.4. The second-order valence-corrected chi connectivity index (χ2v) is 5.45. The van der Waals surface area contributed by atoms with Crippen molar-refractivity contribution < 1.29 is 19.0 Å². The molecule has 1 amide bonds. The van der Waals surface area contributed by atoms with E-state index in [-0.39, 0.29) is 17.1 Å². The number of rotatable bonds is 3. The SMILES string of the molecule is CC(C)(C)OC(=O)NC[C@@H](O)c1cccc(Cl)c1F. The van der Waals surface area contributed by atoms with Crippen LogP contribution in [0.25, 0.3) is 0 Å². The zero-order valence-electron chi connectivity index (χ0n) is 11.0. The predicted molar refractivity (Wildman–Crippen MR) is 70.6 cm³/mol. The number of carbonyl (C=O) groups excluding carboxylic acids is 1. The molecule has 0 bridgehead atoms. The highest BCUT2D eigenvalue weighted by atomic mass is 35.5. The third kappa shape index (κ3) is 5.04. The Morgan fingerprint density at radius 1 is 1.53 bits per heavy atom. The molecule has 0 saturated carbocycles. The van der Waals surface area contributed by atoms with Crippen molar-refractivity contribution in [3.63, 3.8) is 0 Å². The summed E-state index contributed by atoms with van der Waals surface area (Å²) in [5.74, 6) is -0.692. The molecule has 0 saturated heterocycles. The number of benzene rings is 1. The molecule has 1 rings (SSSR count). The Bertz CT molecular complexity index is 460. The van der Waals surface area contributed by atoms with Gasteiger partial charge in [0.05, 0.1) is 17.7 Å². The van der Waals surface area contributed by atoms with Crippen molar-refractivity contribution in [1.82, 2.24) is 5.32 Å². The molecule has 0 radical (unpaired) electrons. The molecule has 4 nitrogen and oxygen atoms in total. The van der Waals surface area contributed by atoms with Gasteiger partial charge in [0.1, 0.15) is 11.4 Å². The van der Waals surface area contributed by atoms with Crippen LogP contribution in [0.15, 0.2) is 18.2 Å². The Morgan fingerprint density at radius 3 is 2.74 bits per heavy atom. The van der Waals surface area contributed by atoms with E-state index < -0.39 is 23.6 Å². The van der Waals surface area contributed by atoms with Crippen LogP contribution in [0.5, 0.6) is 0 Å². The third-order valence-corrected chi connectivity index (χ3v) is 2.47. The van der Waals surface area contributed by atoms with Crippen LogP contribution >= 0.6 is 11.6 Å². The molecule has 0 heterocycles. The monoisotopic (exact) mass is 289 g/mol. The van der Waals surface area contributed by atoms with Gasteiger partial charge in [0, 0.05) is 5.56 Å². The minimum absolute atomic E-state index is 0.0311. The van der Waals surface area contributed by atoms with E-state index in [1.54, 1.807) is 20.8 Å². The van der Waals surface area contributed by atoms with E-state index in [4.69, 9.17) is 16.3 Å². The molecule has 0 fully saturated rings. The van der Waals surface area contributed by atoms with Crippen molar-refractivity contribution in [2.45, 2.75) is 32.5 Å². The maximum Gasteiger partial charge on any atom is 0.407 e. The van der Waals surface area contributed by atoms with Crippen LogP contribution in [0.3, 0.4) is 0 Å². The zero-order chi connectivity index (χ0) is 14.6. The number of amides is 1. The van der Waals surface area contributed by atoms with Crippen molar-refractivity contribution in [2.75, 3.05) is 6.54 Å². The molecule has 0 aliphatic heterocycles. The van der Waals surface area contributed by atoms with E-state index in [2.05, 4.69) is 5.32 Å². The van der Waals surface area contributed by atoms with E-state index in [9.17, 15) is 14.3 Å². The molecule has 6 heteroatoms. The van der Waals surface area contributed by atoms with Crippen molar-refractivity contribution in [3.05, 3.63) is 34.6 Å². The number of carbonyl (C=O) groups is 1. The zero-order valence-corrected chi connectivity index (χ0v) is 11.8.